The fraction of sp³-hybridized carbons (Fsp3) is 0.333. The van der Waals surface area contributed by atoms with E-state index in [0.29, 0.717) is 12.2 Å². The first-order valence-electron chi connectivity index (χ1n) is 12.7. The van der Waals surface area contributed by atoms with Crippen molar-refractivity contribution in [2.45, 2.75) is 45.1 Å². The van der Waals surface area contributed by atoms with Crippen molar-refractivity contribution in [2.24, 2.45) is 0 Å². The van der Waals surface area contributed by atoms with E-state index >= 15 is 0 Å². The zero-order chi connectivity index (χ0) is 25.3. The Morgan fingerprint density at radius 1 is 0.944 bits per heavy atom. The summed E-state index contributed by atoms with van der Waals surface area (Å²) in [5, 5.41) is 12.7. The van der Waals surface area contributed by atoms with Gasteiger partial charge in [-0.2, -0.15) is 0 Å². The van der Waals surface area contributed by atoms with Gasteiger partial charge in [0.15, 0.2) is 0 Å². The van der Waals surface area contributed by atoms with Gasteiger partial charge in [0.1, 0.15) is 11.3 Å². The Labute approximate surface area is 212 Å². The van der Waals surface area contributed by atoms with Crippen molar-refractivity contribution < 1.29 is 19.4 Å². The molecule has 1 amide bonds. The summed E-state index contributed by atoms with van der Waals surface area (Å²) < 4.78 is 5.52. The van der Waals surface area contributed by atoms with E-state index in [-0.39, 0.29) is 29.7 Å². The third-order valence-electron chi connectivity index (χ3n) is 6.57. The van der Waals surface area contributed by atoms with Gasteiger partial charge >= 0.3 is 5.97 Å². The fourth-order valence-electron chi connectivity index (χ4n) is 4.84. The number of rotatable bonds is 9. The summed E-state index contributed by atoms with van der Waals surface area (Å²) in [6, 6.07) is 22.9. The molecule has 0 bridgehead atoms. The zero-order valence-electron chi connectivity index (χ0n) is 20.8. The van der Waals surface area contributed by atoms with Crippen LogP contribution < -0.4 is 15.0 Å². The maximum Gasteiger partial charge on any atom is 0.339 e. The van der Waals surface area contributed by atoms with Crippen molar-refractivity contribution in [1.82, 2.24) is 5.32 Å². The van der Waals surface area contributed by atoms with Gasteiger partial charge in [0, 0.05) is 24.3 Å². The number of ether oxygens (including phenoxy) is 1. The van der Waals surface area contributed by atoms with Crippen LogP contribution in [0.25, 0.3) is 0 Å². The van der Waals surface area contributed by atoms with Gasteiger partial charge in [-0.15, -0.1) is 0 Å². The van der Waals surface area contributed by atoms with Gasteiger partial charge in [-0.05, 0) is 49.1 Å². The van der Waals surface area contributed by atoms with Gasteiger partial charge in [0.25, 0.3) is 0 Å². The van der Waals surface area contributed by atoms with Gasteiger partial charge in [0.05, 0.1) is 19.1 Å². The van der Waals surface area contributed by atoms with E-state index in [4.69, 9.17) is 4.74 Å². The molecule has 2 N–H and O–H groups in total. The van der Waals surface area contributed by atoms with E-state index in [9.17, 15) is 14.7 Å². The standard InChI is InChI=1S/C30H34N2O4/c1-2-36-27-20-22(16-17-25(27)30(34)35)21-28(33)31-29(23-12-6-5-7-13-23)24-14-8-9-15-26(24)32-18-10-3-4-11-19-32/h5-9,12-17,20,29H,2-4,10-11,18-19,21H2,1H3,(H,31,33)(H,34,35). The molecule has 0 radical (unpaired) electrons. The summed E-state index contributed by atoms with van der Waals surface area (Å²) in [6.07, 6.45) is 4.97. The Morgan fingerprint density at radius 3 is 2.33 bits per heavy atom. The van der Waals surface area contributed by atoms with Crippen LogP contribution in [0.15, 0.2) is 72.8 Å². The van der Waals surface area contributed by atoms with E-state index in [1.165, 1.54) is 31.7 Å². The Hall–Kier alpha value is -3.80. The minimum atomic E-state index is -1.05. The van der Waals surface area contributed by atoms with Crippen LogP contribution in [0.1, 0.15) is 65.7 Å². The molecule has 1 unspecified atom stereocenters. The predicted octanol–water partition coefficient (Wildman–Crippen LogP) is 5.61. The molecule has 0 spiro atoms. The molecule has 0 aliphatic carbocycles. The molecular weight excluding hydrogens is 452 g/mol. The number of carboxylic acid groups (broad SMARTS) is 1. The summed E-state index contributed by atoms with van der Waals surface area (Å²) in [6.45, 7) is 4.18. The Bertz CT molecular complexity index is 1170. The van der Waals surface area contributed by atoms with Crippen LogP contribution in [-0.2, 0) is 11.2 Å². The number of aromatic carboxylic acids is 1. The molecule has 1 aliphatic rings. The number of para-hydroxylation sites is 1. The topological polar surface area (TPSA) is 78.9 Å². The smallest absolute Gasteiger partial charge is 0.339 e. The summed E-state index contributed by atoms with van der Waals surface area (Å²) in [7, 11) is 0. The largest absolute Gasteiger partial charge is 0.493 e. The molecule has 6 heteroatoms. The maximum atomic E-state index is 13.3. The van der Waals surface area contributed by atoms with Gasteiger partial charge in [-0.3, -0.25) is 4.79 Å². The first-order valence-corrected chi connectivity index (χ1v) is 12.7. The van der Waals surface area contributed by atoms with E-state index in [0.717, 1.165) is 29.9 Å². The van der Waals surface area contributed by atoms with Crippen molar-refractivity contribution in [1.29, 1.82) is 0 Å². The van der Waals surface area contributed by atoms with Crippen molar-refractivity contribution in [2.75, 3.05) is 24.6 Å². The average Bonchev–Trinajstić information content (AvgIpc) is 3.18. The van der Waals surface area contributed by atoms with Gasteiger partial charge in [-0.1, -0.05) is 67.4 Å². The Morgan fingerprint density at radius 2 is 1.64 bits per heavy atom. The zero-order valence-corrected chi connectivity index (χ0v) is 20.8. The van der Waals surface area contributed by atoms with Crippen LogP contribution >= 0.6 is 0 Å². The number of anilines is 1. The summed E-state index contributed by atoms with van der Waals surface area (Å²) >= 11 is 0. The molecule has 0 saturated carbocycles. The minimum absolute atomic E-state index is 0.0922. The monoisotopic (exact) mass is 486 g/mol. The summed E-state index contributed by atoms with van der Waals surface area (Å²) in [5.41, 5.74) is 4.06. The Balaban J connectivity index is 1.62. The van der Waals surface area contributed by atoms with Gasteiger partial charge < -0.3 is 20.1 Å². The summed E-state index contributed by atoms with van der Waals surface area (Å²) in [5.74, 6) is -0.912. The van der Waals surface area contributed by atoms with Crippen LogP contribution in [0.5, 0.6) is 5.75 Å². The Kier molecular flexibility index (Phi) is 8.61. The highest BCUT2D eigenvalue weighted by Gasteiger charge is 2.23. The number of carboxylic acids is 1. The second-order valence-corrected chi connectivity index (χ2v) is 9.12. The van der Waals surface area contributed by atoms with E-state index in [2.05, 4.69) is 28.4 Å². The van der Waals surface area contributed by atoms with Crippen LogP contribution in [-0.4, -0.2) is 36.7 Å². The molecule has 188 valence electrons. The first kappa shape index (κ1) is 25.3. The van der Waals surface area contributed by atoms with Crippen molar-refractivity contribution in [3.63, 3.8) is 0 Å². The second kappa shape index (κ2) is 12.2. The number of benzene rings is 3. The normalized spacial score (nSPS) is 14.5. The van der Waals surface area contributed by atoms with Crippen molar-refractivity contribution in [3.8, 4) is 5.75 Å². The highest BCUT2D eigenvalue weighted by Crippen LogP contribution is 2.32. The SMILES string of the molecule is CCOc1cc(CC(=O)NC(c2ccccc2)c2ccccc2N2CCCCCC2)ccc1C(=O)O. The summed E-state index contributed by atoms with van der Waals surface area (Å²) in [4.78, 5) is 27.3. The molecule has 0 aromatic heterocycles. The molecule has 4 rings (SSSR count). The molecule has 1 atom stereocenters. The fourth-order valence-corrected chi connectivity index (χ4v) is 4.84. The van der Waals surface area contributed by atoms with Crippen LogP contribution in [0.3, 0.4) is 0 Å². The molecule has 6 nitrogen and oxygen atoms in total. The number of nitrogens with one attached hydrogen (secondary N) is 1. The molecule has 1 aliphatic heterocycles. The molecule has 36 heavy (non-hydrogen) atoms. The minimum Gasteiger partial charge on any atom is -0.493 e. The number of hydrogen-bond acceptors (Lipinski definition) is 4. The lowest BCUT2D eigenvalue weighted by molar-refractivity contribution is -0.120. The highest BCUT2D eigenvalue weighted by molar-refractivity contribution is 5.91. The van der Waals surface area contributed by atoms with Crippen LogP contribution in [0.2, 0.25) is 0 Å². The highest BCUT2D eigenvalue weighted by atomic mass is 16.5. The molecule has 1 saturated heterocycles. The third kappa shape index (κ3) is 6.25. The molecule has 3 aromatic carbocycles. The van der Waals surface area contributed by atoms with Crippen LogP contribution in [0, 0.1) is 0 Å². The quantitative estimate of drug-likeness (QED) is 0.411. The lowest BCUT2D eigenvalue weighted by Crippen LogP contribution is -2.33. The lowest BCUT2D eigenvalue weighted by atomic mass is 9.96. The van der Waals surface area contributed by atoms with E-state index in [1.807, 2.05) is 36.4 Å². The predicted molar refractivity (Wildman–Crippen MR) is 142 cm³/mol. The number of amides is 1. The molecule has 1 heterocycles. The second-order valence-electron chi connectivity index (χ2n) is 9.12. The number of nitrogens with zero attached hydrogens (tertiary/aromatic N) is 1. The van der Waals surface area contributed by atoms with Gasteiger partial charge in [-0.25, -0.2) is 4.79 Å². The van der Waals surface area contributed by atoms with Crippen LogP contribution in [0.4, 0.5) is 5.69 Å². The van der Waals surface area contributed by atoms with E-state index < -0.39 is 5.97 Å². The first-order chi connectivity index (χ1) is 17.6. The number of carbonyl (C=O) groups is 2. The molecular formula is C30H34N2O4. The molecule has 3 aromatic rings. The van der Waals surface area contributed by atoms with Crippen molar-refractivity contribution >= 4 is 17.6 Å². The third-order valence-corrected chi connectivity index (χ3v) is 6.57. The van der Waals surface area contributed by atoms with Crippen molar-refractivity contribution in [3.05, 3.63) is 95.1 Å². The average molecular weight is 487 g/mol. The molecule has 1 fully saturated rings. The lowest BCUT2D eigenvalue weighted by Gasteiger charge is -2.29. The number of carbonyl (C=O) groups excluding carboxylic acids is 1. The van der Waals surface area contributed by atoms with E-state index in [1.54, 1.807) is 19.1 Å². The number of hydrogen-bond donors (Lipinski definition) is 2. The maximum absolute atomic E-state index is 13.3. The van der Waals surface area contributed by atoms with Gasteiger partial charge in [0.2, 0.25) is 5.91 Å².